The van der Waals surface area contributed by atoms with Crippen molar-refractivity contribution in [2.24, 2.45) is 0 Å². The molecule has 118 valence electrons. The lowest BCUT2D eigenvalue weighted by atomic mass is 9.88. The summed E-state index contributed by atoms with van der Waals surface area (Å²) >= 11 is 0. The van der Waals surface area contributed by atoms with E-state index in [1.54, 1.807) is 4.68 Å². The predicted molar refractivity (Wildman–Crippen MR) is 92.0 cm³/mol. The van der Waals surface area contributed by atoms with Crippen LogP contribution in [0.2, 0.25) is 0 Å². The number of nitrogens with one attached hydrogen (secondary N) is 1. The Morgan fingerprint density at radius 2 is 2.22 bits per heavy atom. The lowest BCUT2D eigenvalue weighted by Gasteiger charge is -2.27. The molecule has 4 heteroatoms. The largest absolute Gasteiger partial charge is 0.385 e. The lowest BCUT2D eigenvalue weighted by Crippen LogP contribution is -2.29. The highest BCUT2D eigenvalue weighted by Crippen LogP contribution is 2.35. The second-order valence-corrected chi connectivity index (χ2v) is 6.44. The number of carbonyl (C=O) groups excluding carboxylic acids is 1. The van der Waals surface area contributed by atoms with E-state index in [0.717, 1.165) is 54.0 Å². The molecule has 4 nitrogen and oxygen atoms in total. The fourth-order valence-corrected chi connectivity index (χ4v) is 3.77. The van der Waals surface area contributed by atoms with Crippen LogP contribution in [0.5, 0.6) is 0 Å². The van der Waals surface area contributed by atoms with E-state index in [1.807, 2.05) is 13.0 Å². The Balaban J connectivity index is 1.78. The van der Waals surface area contributed by atoms with Gasteiger partial charge in [-0.25, -0.2) is 4.68 Å². The number of carbonyl (C=O) groups is 1. The zero-order valence-corrected chi connectivity index (χ0v) is 13.6. The summed E-state index contributed by atoms with van der Waals surface area (Å²) in [5.74, 6) is -0.00143. The van der Waals surface area contributed by atoms with Crippen molar-refractivity contribution in [3.63, 3.8) is 0 Å². The van der Waals surface area contributed by atoms with E-state index in [0.29, 0.717) is 0 Å². The SMILES string of the molecule is Cc1cccc2c1NCCC2C(=O)n1nc(C)c2c1CCC=C2. The molecule has 0 fully saturated rings. The lowest BCUT2D eigenvalue weighted by molar-refractivity contribution is 0.0852. The van der Waals surface area contributed by atoms with E-state index in [4.69, 9.17) is 0 Å². The van der Waals surface area contributed by atoms with Gasteiger partial charge >= 0.3 is 0 Å². The maximum absolute atomic E-state index is 13.2. The molecule has 23 heavy (non-hydrogen) atoms. The molecule has 1 aromatic heterocycles. The Morgan fingerprint density at radius 3 is 3.09 bits per heavy atom. The normalized spacial score (nSPS) is 19.0. The highest BCUT2D eigenvalue weighted by atomic mass is 16.2. The maximum atomic E-state index is 13.2. The third-order valence-electron chi connectivity index (χ3n) is 4.96. The smallest absolute Gasteiger partial charge is 0.254 e. The Hall–Kier alpha value is -2.36. The topological polar surface area (TPSA) is 46.9 Å². The molecule has 1 aromatic carbocycles. The molecule has 1 aliphatic carbocycles. The molecule has 1 N–H and O–H groups in total. The highest BCUT2D eigenvalue weighted by molar-refractivity contribution is 5.89. The van der Waals surface area contributed by atoms with Gasteiger partial charge in [0, 0.05) is 17.8 Å². The van der Waals surface area contributed by atoms with Gasteiger partial charge < -0.3 is 5.32 Å². The van der Waals surface area contributed by atoms with E-state index >= 15 is 0 Å². The van der Waals surface area contributed by atoms with Crippen LogP contribution in [0.3, 0.4) is 0 Å². The van der Waals surface area contributed by atoms with Crippen molar-refractivity contribution >= 4 is 17.7 Å². The number of fused-ring (bicyclic) bond motifs is 2. The fraction of sp³-hybridized carbons (Fsp3) is 0.368. The summed E-state index contributed by atoms with van der Waals surface area (Å²) in [5.41, 5.74) is 6.57. The highest BCUT2D eigenvalue weighted by Gasteiger charge is 2.31. The van der Waals surface area contributed by atoms with Crippen LogP contribution in [0.15, 0.2) is 24.3 Å². The number of anilines is 1. The number of hydrogen-bond donors (Lipinski definition) is 1. The molecular weight excluding hydrogens is 286 g/mol. The van der Waals surface area contributed by atoms with E-state index in [2.05, 4.69) is 41.6 Å². The number of para-hydroxylation sites is 1. The van der Waals surface area contributed by atoms with Crippen LogP contribution in [-0.4, -0.2) is 22.2 Å². The molecule has 0 amide bonds. The molecule has 1 unspecified atom stereocenters. The van der Waals surface area contributed by atoms with Crippen LogP contribution in [-0.2, 0) is 6.42 Å². The minimum absolute atomic E-state index is 0.109. The van der Waals surface area contributed by atoms with E-state index < -0.39 is 0 Å². The van der Waals surface area contributed by atoms with Gasteiger partial charge in [0.05, 0.1) is 17.3 Å². The van der Waals surface area contributed by atoms with Gasteiger partial charge in [-0.05, 0) is 44.2 Å². The zero-order valence-electron chi connectivity index (χ0n) is 13.6. The summed E-state index contributed by atoms with van der Waals surface area (Å²) in [4.78, 5) is 13.2. The Morgan fingerprint density at radius 1 is 1.35 bits per heavy atom. The average molecular weight is 307 g/mol. The summed E-state index contributed by atoms with van der Waals surface area (Å²) in [6, 6.07) is 6.19. The number of rotatable bonds is 1. The molecule has 0 saturated heterocycles. The minimum atomic E-state index is -0.111. The van der Waals surface area contributed by atoms with Crippen LogP contribution in [0.1, 0.15) is 51.6 Å². The molecule has 4 rings (SSSR count). The number of allylic oxidation sites excluding steroid dienone is 1. The van der Waals surface area contributed by atoms with Crippen LogP contribution >= 0.6 is 0 Å². The molecule has 0 bridgehead atoms. The first-order chi connectivity index (χ1) is 11.2. The number of aromatic nitrogens is 2. The first-order valence-electron chi connectivity index (χ1n) is 8.29. The summed E-state index contributed by atoms with van der Waals surface area (Å²) in [7, 11) is 0. The molecule has 0 spiro atoms. The molecule has 2 aliphatic rings. The molecule has 2 aromatic rings. The zero-order chi connectivity index (χ0) is 16.0. The van der Waals surface area contributed by atoms with Gasteiger partial charge in [-0.2, -0.15) is 5.10 Å². The van der Waals surface area contributed by atoms with E-state index in [-0.39, 0.29) is 11.8 Å². The van der Waals surface area contributed by atoms with Crippen LogP contribution in [0, 0.1) is 13.8 Å². The van der Waals surface area contributed by atoms with E-state index in [1.165, 1.54) is 5.56 Å². The predicted octanol–water partition coefficient (Wildman–Crippen LogP) is 3.70. The van der Waals surface area contributed by atoms with Gasteiger partial charge in [-0.15, -0.1) is 0 Å². The van der Waals surface area contributed by atoms with Crippen molar-refractivity contribution in [1.29, 1.82) is 0 Å². The molecule has 2 heterocycles. The number of aryl methyl sites for hydroxylation is 2. The Bertz CT molecular complexity index is 816. The number of benzene rings is 1. The Labute approximate surface area is 136 Å². The second-order valence-electron chi connectivity index (χ2n) is 6.44. The van der Waals surface area contributed by atoms with Gasteiger partial charge in [0.2, 0.25) is 0 Å². The summed E-state index contributed by atoms with van der Waals surface area (Å²) in [6.07, 6.45) is 6.96. The fourth-order valence-electron chi connectivity index (χ4n) is 3.77. The summed E-state index contributed by atoms with van der Waals surface area (Å²) < 4.78 is 1.68. The average Bonchev–Trinajstić information content (AvgIpc) is 2.92. The third kappa shape index (κ3) is 2.21. The third-order valence-corrected chi connectivity index (χ3v) is 4.96. The molecule has 1 atom stereocenters. The van der Waals surface area contributed by atoms with Gasteiger partial charge in [-0.1, -0.05) is 30.4 Å². The summed E-state index contributed by atoms with van der Waals surface area (Å²) in [6.45, 7) is 4.90. The first kappa shape index (κ1) is 14.2. The van der Waals surface area contributed by atoms with Gasteiger partial charge in [0.15, 0.2) is 0 Å². The van der Waals surface area contributed by atoms with Crippen LogP contribution in [0.25, 0.3) is 6.08 Å². The van der Waals surface area contributed by atoms with Gasteiger partial charge in [-0.3, -0.25) is 4.79 Å². The van der Waals surface area contributed by atoms with Crippen molar-refractivity contribution in [1.82, 2.24) is 9.78 Å². The van der Waals surface area contributed by atoms with Gasteiger partial charge in [0.25, 0.3) is 5.91 Å². The van der Waals surface area contributed by atoms with Crippen molar-refractivity contribution in [3.05, 3.63) is 52.4 Å². The van der Waals surface area contributed by atoms with Crippen molar-refractivity contribution in [3.8, 4) is 0 Å². The van der Waals surface area contributed by atoms with E-state index in [9.17, 15) is 4.79 Å². The number of hydrogen-bond acceptors (Lipinski definition) is 3. The van der Waals surface area contributed by atoms with Crippen molar-refractivity contribution < 1.29 is 4.79 Å². The number of nitrogens with zero attached hydrogens (tertiary/aromatic N) is 2. The maximum Gasteiger partial charge on any atom is 0.254 e. The minimum Gasteiger partial charge on any atom is -0.385 e. The Kier molecular flexibility index (Phi) is 3.33. The molecule has 0 radical (unpaired) electrons. The first-order valence-corrected chi connectivity index (χ1v) is 8.29. The molecular formula is C19H21N3O. The van der Waals surface area contributed by atoms with Crippen molar-refractivity contribution in [2.45, 2.75) is 39.0 Å². The second kappa shape index (κ2) is 5.37. The molecule has 1 aliphatic heterocycles. The quantitative estimate of drug-likeness (QED) is 0.874. The molecule has 0 saturated carbocycles. The van der Waals surface area contributed by atoms with Crippen molar-refractivity contribution in [2.75, 3.05) is 11.9 Å². The van der Waals surface area contributed by atoms with Gasteiger partial charge in [0.1, 0.15) is 0 Å². The van der Waals surface area contributed by atoms with Crippen LogP contribution < -0.4 is 5.32 Å². The standard InChI is InChI=1S/C19H21N3O/c1-12-6-5-8-15-16(10-11-20-18(12)15)19(23)22-17-9-4-3-7-14(17)13(2)21-22/h3,5-8,16,20H,4,9-11H2,1-2H3. The van der Waals surface area contributed by atoms with Crippen LogP contribution in [0.4, 0.5) is 5.69 Å². The summed E-state index contributed by atoms with van der Waals surface area (Å²) in [5, 5.41) is 8.00. The monoisotopic (exact) mass is 307 g/mol.